The molecule has 0 radical (unpaired) electrons. The van der Waals surface area contributed by atoms with Gasteiger partial charge in [0.2, 0.25) is 0 Å². The van der Waals surface area contributed by atoms with Crippen molar-refractivity contribution in [1.29, 1.82) is 0 Å². The molecule has 0 bridgehead atoms. The topological polar surface area (TPSA) is 35.5 Å². The molecule has 19 heavy (non-hydrogen) atoms. The van der Waals surface area contributed by atoms with Crippen LogP contribution in [0.1, 0.15) is 40.2 Å². The highest BCUT2D eigenvalue weighted by molar-refractivity contribution is 9.10. The van der Waals surface area contributed by atoms with Crippen molar-refractivity contribution in [1.82, 2.24) is 0 Å². The minimum absolute atomic E-state index is 0.358. The Morgan fingerprint density at radius 1 is 1.16 bits per heavy atom. The lowest BCUT2D eigenvalue weighted by atomic mass is 9.98. The maximum absolute atomic E-state index is 13.1. The predicted molar refractivity (Wildman–Crippen MR) is 74.4 cm³/mol. The highest BCUT2D eigenvalue weighted by Crippen LogP contribution is 2.32. The largest absolute Gasteiger partial charge is 0.509 e. The molecule has 5 heteroatoms. The zero-order valence-corrected chi connectivity index (χ0v) is 13.3. The first-order valence-electron chi connectivity index (χ1n) is 5.89. The molecule has 3 nitrogen and oxygen atoms in total. The van der Waals surface area contributed by atoms with E-state index in [1.54, 1.807) is 40.7 Å². The molecule has 0 aromatic heterocycles. The van der Waals surface area contributed by atoms with Gasteiger partial charge in [0.1, 0.15) is 17.0 Å². The standard InChI is InChI=1S/C14H18BrFO3/c1-13(2,3)18-12(17)19-14(4,5)10-7-6-9(16)8-11(10)15/h6-8H,1-5H3. The summed E-state index contributed by atoms with van der Waals surface area (Å²) in [5.41, 5.74) is -0.873. The van der Waals surface area contributed by atoms with Gasteiger partial charge in [-0.25, -0.2) is 9.18 Å². The fourth-order valence-electron chi connectivity index (χ4n) is 1.51. The van der Waals surface area contributed by atoms with Gasteiger partial charge in [0, 0.05) is 10.0 Å². The summed E-state index contributed by atoms with van der Waals surface area (Å²) in [7, 11) is 0. The van der Waals surface area contributed by atoms with Gasteiger partial charge in [-0.05, 0) is 46.8 Å². The summed E-state index contributed by atoms with van der Waals surface area (Å²) >= 11 is 3.26. The molecule has 0 aliphatic carbocycles. The second-order valence-electron chi connectivity index (χ2n) is 5.70. The Labute approximate surface area is 121 Å². The fourth-order valence-corrected chi connectivity index (χ4v) is 2.34. The predicted octanol–water partition coefficient (Wildman–Crippen LogP) is 4.78. The summed E-state index contributed by atoms with van der Waals surface area (Å²) in [5.74, 6) is -0.358. The zero-order chi connectivity index (χ0) is 14.8. The van der Waals surface area contributed by atoms with Crippen LogP contribution in [0.25, 0.3) is 0 Å². The molecule has 0 amide bonds. The highest BCUT2D eigenvalue weighted by Gasteiger charge is 2.30. The molecule has 1 rings (SSSR count). The summed E-state index contributed by atoms with van der Waals surface area (Å²) < 4.78 is 24.0. The van der Waals surface area contributed by atoms with Crippen LogP contribution in [-0.2, 0) is 15.1 Å². The van der Waals surface area contributed by atoms with E-state index in [-0.39, 0.29) is 5.82 Å². The first-order chi connectivity index (χ1) is 8.51. The Bertz CT molecular complexity index is 478. The maximum Gasteiger partial charge on any atom is 0.509 e. The summed E-state index contributed by atoms with van der Waals surface area (Å²) in [6, 6.07) is 4.22. The van der Waals surface area contributed by atoms with Crippen LogP contribution in [0.4, 0.5) is 9.18 Å². The Morgan fingerprint density at radius 2 is 1.74 bits per heavy atom. The van der Waals surface area contributed by atoms with E-state index in [0.717, 1.165) is 0 Å². The molecule has 106 valence electrons. The summed E-state index contributed by atoms with van der Waals surface area (Å²) in [6.07, 6.45) is -0.756. The van der Waals surface area contributed by atoms with Crippen molar-refractivity contribution in [2.45, 2.75) is 45.8 Å². The molecule has 1 aromatic carbocycles. The molecule has 0 fully saturated rings. The van der Waals surface area contributed by atoms with E-state index >= 15 is 0 Å². The SMILES string of the molecule is CC(C)(C)OC(=O)OC(C)(C)c1ccc(F)cc1Br. The number of halogens is 2. The Hall–Kier alpha value is -1.10. The van der Waals surface area contributed by atoms with E-state index in [1.165, 1.54) is 12.1 Å². The van der Waals surface area contributed by atoms with Crippen LogP contribution in [0, 0.1) is 5.82 Å². The van der Waals surface area contributed by atoms with Crippen molar-refractivity contribution in [2.24, 2.45) is 0 Å². The monoisotopic (exact) mass is 332 g/mol. The highest BCUT2D eigenvalue weighted by atomic mass is 79.9. The van der Waals surface area contributed by atoms with Gasteiger partial charge in [-0.1, -0.05) is 22.0 Å². The molecule has 0 aliphatic rings. The molecule has 0 aliphatic heterocycles. The van der Waals surface area contributed by atoms with Crippen molar-refractivity contribution < 1.29 is 18.7 Å². The number of carbonyl (C=O) groups excluding carboxylic acids is 1. The van der Waals surface area contributed by atoms with Crippen molar-refractivity contribution >= 4 is 22.1 Å². The lowest BCUT2D eigenvalue weighted by Gasteiger charge is -2.28. The minimum atomic E-state index is -0.922. The van der Waals surface area contributed by atoms with Crippen LogP contribution < -0.4 is 0 Å². The van der Waals surface area contributed by atoms with Gasteiger partial charge < -0.3 is 9.47 Å². The number of rotatable bonds is 2. The Balaban J connectivity index is 2.89. The van der Waals surface area contributed by atoms with Crippen LogP contribution in [0.3, 0.4) is 0 Å². The zero-order valence-electron chi connectivity index (χ0n) is 11.7. The Morgan fingerprint density at radius 3 is 2.21 bits per heavy atom. The van der Waals surface area contributed by atoms with E-state index in [0.29, 0.717) is 10.0 Å². The lowest BCUT2D eigenvalue weighted by molar-refractivity contribution is -0.0556. The quantitative estimate of drug-likeness (QED) is 0.731. The van der Waals surface area contributed by atoms with Crippen molar-refractivity contribution in [2.75, 3.05) is 0 Å². The number of hydrogen-bond donors (Lipinski definition) is 0. The van der Waals surface area contributed by atoms with E-state index < -0.39 is 17.4 Å². The molecule has 0 unspecified atom stereocenters. The van der Waals surface area contributed by atoms with Crippen LogP contribution in [-0.4, -0.2) is 11.8 Å². The van der Waals surface area contributed by atoms with E-state index in [4.69, 9.17) is 9.47 Å². The van der Waals surface area contributed by atoms with Crippen LogP contribution >= 0.6 is 15.9 Å². The average Bonchev–Trinajstić information content (AvgIpc) is 2.11. The third-order valence-electron chi connectivity index (χ3n) is 2.31. The van der Waals surface area contributed by atoms with Gasteiger partial charge in [-0.2, -0.15) is 0 Å². The van der Waals surface area contributed by atoms with E-state index in [1.807, 2.05) is 0 Å². The minimum Gasteiger partial charge on any atom is -0.429 e. The van der Waals surface area contributed by atoms with Crippen LogP contribution in [0.5, 0.6) is 0 Å². The second-order valence-corrected chi connectivity index (χ2v) is 6.56. The van der Waals surface area contributed by atoms with Gasteiger partial charge in [-0.3, -0.25) is 0 Å². The van der Waals surface area contributed by atoms with Crippen LogP contribution in [0.2, 0.25) is 0 Å². The summed E-state index contributed by atoms with van der Waals surface area (Å²) in [6.45, 7) is 8.71. The van der Waals surface area contributed by atoms with Crippen molar-refractivity contribution in [3.63, 3.8) is 0 Å². The lowest BCUT2D eigenvalue weighted by Crippen LogP contribution is -2.31. The van der Waals surface area contributed by atoms with Crippen molar-refractivity contribution in [3.05, 3.63) is 34.1 Å². The first-order valence-corrected chi connectivity index (χ1v) is 6.68. The third-order valence-corrected chi connectivity index (χ3v) is 2.96. The number of hydrogen-bond acceptors (Lipinski definition) is 3. The Kier molecular flexibility index (Phi) is 4.61. The summed E-state index contributed by atoms with van der Waals surface area (Å²) in [5, 5.41) is 0. The molecule has 0 saturated carbocycles. The van der Waals surface area contributed by atoms with Gasteiger partial charge >= 0.3 is 6.16 Å². The fraction of sp³-hybridized carbons (Fsp3) is 0.500. The molecule has 0 atom stereocenters. The van der Waals surface area contributed by atoms with E-state index in [9.17, 15) is 9.18 Å². The smallest absolute Gasteiger partial charge is 0.429 e. The average molecular weight is 333 g/mol. The molecule has 0 spiro atoms. The van der Waals surface area contributed by atoms with Gasteiger partial charge in [-0.15, -0.1) is 0 Å². The molecular formula is C14H18BrFO3. The number of benzene rings is 1. The molecule has 0 heterocycles. The van der Waals surface area contributed by atoms with Crippen molar-refractivity contribution in [3.8, 4) is 0 Å². The van der Waals surface area contributed by atoms with Gasteiger partial charge in [0.05, 0.1) is 0 Å². The third kappa shape index (κ3) is 4.82. The normalized spacial score (nSPS) is 12.2. The van der Waals surface area contributed by atoms with E-state index in [2.05, 4.69) is 15.9 Å². The first kappa shape index (κ1) is 16.0. The molecule has 1 aromatic rings. The van der Waals surface area contributed by atoms with Crippen LogP contribution in [0.15, 0.2) is 22.7 Å². The number of carbonyl (C=O) groups is 1. The maximum atomic E-state index is 13.1. The summed E-state index contributed by atoms with van der Waals surface area (Å²) in [4.78, 5) is 11.7. The second kappa shape index (κ2) is 5.49. The molecule has 0 N–H and O–H groups in total. The molecule has 0 saturated heterocycles. The molecular weight excluding hydrogens is 315 g/mol. The van der Waals surface area contributed by atoms with Gasteiger partial charge in [0.15, 0.2) is 0 Å². The number of ether oxygens (including phenoxy) is 2. The van der Waals surface area contributed by atoms with Gasteiger partial charge in [0.25, 0.3) is 0 Å².